The first-order chi connectivity index (χ1) is 15.1. The predicted molar refractivity (Wildman–Crippen MR) is 122 cm³/mol. The number of nitrogens with zero attached hydrogens (tertiary/aromatic N) is 3. The highest BCUT2D eigenvalue weighted by molar-refractivity contribution is 7.08. The highest BCUT2D eigenvalue weighted by Crippen LogP contribution is 2.55. The number of anilines is 1. The molecule has 3 aromatic rings. The van der Waals surface area contributed by atoms with Crippen LogP contribution in [0.2, 0.25) is 5.02 Å². The van der Waals surface area contributed by atoms with Crippen molar-refractivity contribution in [3.63, 3.8) is 0 Å². The van der Waals surface area contributed by atoms with E-state index in [0.717, 1.165) is 16.8 Å². The number of rotatable bonds is 3. The molecular formula is C25H16ClN3OS. The molecule has 4 nitrogen and oxygen atoms in total. The van der Waals surface area contributed by atoms with Gasteiger partial charge in [0.1, 0.15) is 6.04 Å². The molecule has 1 aromatic heterocycles. The normalized spacial score (nSPS) is 22.8. The Hall–Kier alpha value is -3.38. The summed E-state index contributed by atoms with van der Waals surface area (Å²) in [7, 11) is 0. The molecule has 150 valence electrons. The number of hydrogen-bond acceptors (Lipinski definition) is 5. The molecule has 0 aliphatic carbocycles. The highest BCUT2D eigenvalue weighted by Gasteiger charge is 2.63. The smallest absolute Gasteiger partial charge is 0.186 e. The molecule has 0 bridgehead atoms. The quantitative estimate of drug-likeness (QED) is 0.490. The van der Waals surface area contributed by atoms with E-state index in [1.54, 1.807) is 12.1 Å². The van der Waals surface area contributed by atoms with Crippen LogP contribution in [0.15, 0.2) is 71.4 Å². The van der Waals surface area contributed by atoms with Gasteiger partial charge in [0.25, 0.3) is 0 Å². The van der Waals surface area contributed by atoms with Gasteiger partial charge in [0.15, 0.2) is 11.2 Å². The van der Waals surface area contributed by atoms with E-state index >= 15 is 0 Å². The maximum atomic E-state index is 13.8. The Morgan fingerprint density at radius 2 is 1.87 bits per heavy atom. The molecule has 31 heavy (non-hydrogen) atoms. The van der Waals surface area contributed by atoms with Gasteiger partial charge >= 0.3 is 0 Å². The van der Waals surface area contributed by atoms with E-state index in [1.165, 1.54) is 11.3 Å². The minimum atomic E-state index is -1.43. The molecule has 1 fully saturated rings. The van der Waals surface area contributed by atoms with E-state index in [0.29, 0.717) is 10.6 Å². The fraction of sp³-hybridized carbons (Fsp3) is 0.160. The van der Waals surface area contributed by atoms with Crippen molar-refractivity contribution < 1.29 is 4.79 Å². The van der Waals surface area contributed by atoms with E-state index in [4.69, 9.17) is 11.6 Å². The van der Waals surface area contributed by atoms with Gasteiger partial charge in [-0.3, -0.25) is 4.79 Å². The summed E-state index contributed by atoms with van der Waals surface area (Å²) in [5, 5.41) is 25.0. The number of thiophene rings is 1. The van der Waals surface area contributed by atoms with Crippen LogP contribution in [-0.2, 0) is 0 Å². The number of ketones is 1. The number of benzene rings is 2. The molecule has 6 heteroatoms. The molecule has 3 heterocycles. The average Bonchev–Trinajstić information content (AvgIpc) is 3.44. The first-order valence-electron chi connectivity index (χ1n) is 9.80. The molecule has 2 aliphatic heterocycles. The van der Waals surface area contributed by atoms with Crippen LogP contribution in [0, 0.1) is 28.1 Å². The Kier molecular flexibility index (Phi) is 4.67. The molecule has 0 spiro atoms. The summed E-state index contributed by atoms with van der Waals surface area (Å²) in [6.45, 7) is 0. The summed E-state index contributed by atoms with van der Waals surface area (Å²) in [4.78, 5) is 15.8. The summed E-state index contributed by atoms with van der Waals surface area (Å²) >= 11 is 7.66. The third-order valence-corrected chi connectivity index (χ3v) is 7.12. The Morgan fingerprint density at radius 1 is 1.10 bits per heavy atom. The predicted octanol–water partition coefficient (Wildman–Crippen LogP) is 5.69. The number of fused-ring (bicyclic) bond motifs is 3. The van der Waals surface area contributed by atoms with Gasteiger partial charge in [0.2, 0.25) is 0 Å². The molecule has 0 saturated carbocycles. The van der Waals surface area contributed by atoms with E-state index in [9.17, 15) is 15.3 Å². The largest absolute Gasteiger partial charge is 0.351 e. The van der Waals surface area contributed by atoms with Crippen LogP contribution in [0.25, 0.3) is 6.08 Å². The summed E-state index contributed by atoms with van der Waals surface area (Å²) in [5.74, 6) is -0.712. The monoisotopic (exact) mass is 441 g/mol. The standard InChI is InChI=1S/C25H16ClN3OS/c26-19-7-8-20-17(12-19)6-9-21-25(14-27,15-28)22(16-4-2-1-3-5-16)23(29(20)21)24(30)18-10-11-31-13-18/h1-13,21-23H/t21-,22+,23-/m1/s1. The number of carbonyl (C=O) groups excluding carboxylic acids is 1. The van der Waals surface area contributed by atoms with Gasteiger partial charge in [0.05, 0.1) is 18.2 Å². The maximum Gasteiger partial charge on any atom is 0.186 e. The zero-order valence-electron chi connectivity index (χ0n) is 16.3. The van der Waals surface area contributed by atoms with Crippen molar-refractivity contribution >= 4 is 40.5 Å². The molecule has 2 aliphatic rings. The Labute approximate surface area is 189 Å². The van der Waals surface area contributed by atoms with E-state index in [1.807, 2.05) is 70.3 Å². The van der Waals surface area contributed by atoms with Gasteiger partial charge < -0.3 is 4.90 Å². The third kappa shape index (κ3) is 2.82. The van der Waals surface area contributed by atoms with Crippen molar-refractivity contribution in [3.05, 3.63) is 93.1 Å². The molecule has 0 amide bonds. The second-order valence-corrected chi connectivity index (χ2v) is 8.93. The van der Waals surface area contributed by atoms with Crippen molar-refractivity contribution in [3.8, 4) is 12.1 Å². The van der Waals surface area contributed by atoms with Crippen LogP contribution in [0.3, 0.4) is 0 Å². The lowest BCUT2D eigenvalue weighted by Gasteiger charge is -2.35. The first kappa shape index (κ1) is 19.6. The van der Waals surface area contributed by atoms with E-state index < -0.39 is 23.4 Å². The zero-order chi connectivity index (χ0) is 21.6. The molecule has 1 saturated heterocycles. The number of hydrogen-bond donors (Lipinski definition) is 0. The topological polar surface area (TPSA) is 67.9 Å². The Morgan fingerprint density at radius 3 is 2.55 bits per heavy atom. The van der Waals surface area contributed by atoms with Crippen LogP contribution >= 0.6 is 22.9 Å². The third-order valence-electron chi connectivity index (χ3n) is 6.20. The lowest BCUT2D eigenvalue weighted by molar-refractivity contribution is 0.0951. The van der Waals surface area contributed by atoms with Crippen LogP contribution in [-0.4, -0.2) is 17.9 Å². The van der Waals surface area contributed by atoms with Crippen molar-refractivity contribution in [1.82, 2.24) is 0 Å². The Bertz CT molecular complexity index is 1260. The minimum absolute atomic E-state index is 0.0938. The van der Waals surface area contributed by atoms with Gasteiger partial charge in [0, 0.05) is 27.6 Å². The zero-order valence-corrected chi connectivity index (χ0v) is 17.8. The van der Waals surface area contributed by atoms with E-state index in [2.05, 4.69) is 12.1 Å². The SMILES string of the molecule is N#CC1(C#N)[C@@H](c2ccccc2)[C@H](C(=O)c2ccsc2)N2c3ccc(Cl)cc3C=C[C@@H]21. The fourth-order valence-electron chi connectivity index (χ4n) is 4.87. The molecule has 0 N–H and O–H groups in total. The molecule has 5 rings (SSSR count). The molecular weight excluding hydrogens is 426 g/mol. The average molecular weight is 442 g/mol. The van der Waals surface area contributed by atoms with Crippen LogP contribution < -0.4 is 4.90 Å². The van der Waals surface area contributed by atoms with Crippen LogP contribution in [0.5, 0.6) is 0 Å². The van der Waals surface area contributed by atoms with Gasteiger partial charge in [-0.2, -0.15) is 21.9 Å². The minimum Gasteiger partial charge on any atom is -0.351 e. The first-order valence-corrected chi connectivity index (χ1v) is 11.1. The lowest BCUT2D eigenvalue weighted by Crippen LogP contribution is -2.44. The van der Waals surface area contributed by atoms with Gasteiger partial charge in [-0.25, -0.2) is 0 Å². The van der Waals surface area contributed by atoms with Gasteiger partial charge in [-0.15, -0.1) is 0 Å². The second kappa shape index (κ2) is 7.39. The summed E-state index contributed by atoms with van der Waals surface area (Å²) in [6.07, 6.45) is 3.76. The number of halogens is 1. The van der Waals surface area contributed by atoms with Crippen molar-refractivity contribution in [2.24, 2.45) is 5.41 Å². The molecule has 3 atom stereocenters. The second-order valence-electron chi connectivity index (χ2n) is 7.72. The summed E-state index contributed by atoms with van der Waals surface area (Å²) < 4.78 is 0. The maximum absolute atomic E-state index is 13.8. The Balaban J connectivity index is 1.79. The van der Waals surface area contributed by atoms with Crippen molar-refractivity contribution in [2.75, 3.05) is 4.90 Å². The van der Waals surface area contributed by atoms with Crippen molar-refractivity contribution in [2.45, 2.75) is 18.0 Å². The highest BCUT2D eigenvalue weighted by atomic mass is 35.5. The number of Topliss-reactive ketones (excluding diaryl/α,β-unsaturated/α-hetero) is 1. The lowest BCUT2D eigenvalue weighted by atomic mass is 9.69. The summed E-state index contributed by atoms with van der Waals surface area (Å²) in [5.41, 5.74) is 1.64. The van der Waals surface area contributed by atoms with E-state index in [-0.39, 0.29) is 5.78 Å². The van der Waals surface area contributed by atoms with Crippen LogP contribution in [0.1, 0.15) is 27.4 Å². The summed E-state index contributed by atoms with van der Waals surface area (Å²) in [6, 6.07) is 20.1. The van der Waals surface area contributed by atoms with Gasteiger partial charge in [-0.1, -0.05) is 54.1 Å². The molecule has 0 unspecified atom stereocenters. The van der Waals surface area contributed by atoms with Crippen LogP contribution in [0.4, 0.5) is 5.69 Å². The van der Waals surface area contributed by atoms with Crippen molar-refractivity contribution in [1.29, 1.82) is 10.5 Å². The number of carbonyl (C=O) groups is 1. The fourth-order valence-corrected chi connectivity index (χ4v) is 5.70. The van der Waals surface area contributed by atoms with Gasteiger partial charge in [-0.05, 0) is 40.8 Å². The molecule has 0 radical (unpaired) electrons. The number of nitriles is 2. The molecule has 2 aromatic carbocycles.